The molecule has 0 aliphatic heterocycles. The van der Waals surface area contributed by atoms with Gasteiger partial charge in [0.05, 0.1) is 13.2 Å². The van der Waals surface area contributed by atoms with Gasteiger partial charge in [0.25, 0.3) is 0 Å². The Hall–Kier alpha value is -1.36. The first-order valence-corrected chi connectivity index (χ1v) is 6.82. The third-order valence-corrected chi connectivity index (χ3v) is 4.10. The van der Waals surface area contributed by atoms with E-state index >= 15 is 0 Å². The van der Waals surface area contributed by atoms with Crippen molar-refractivity contribution < 1.29 is 4.74 Å². The molecular weight excluding hydrogens is 304 g/mol. The molecule has 3 N–H and O–H groups in total. The second kappa shape index (κ2) is 6.19. The molecule has 0 saturated carbocycles. The molecule has 2 rings (SSSR count). The highest BCUT2D eigenvalue weighted by Gasteiger charge is 2.18. The van der Waals surface area contributed by atoms with Crippen LogP contribution in [0.3, 0.4) is 0 Å². The zero-order valence-electron chi connectivity index (χ0n) is 11.0. The molecule has 0 aliphatic carbocycles. The molecule has 0 amide bonds. The van der Waals surface area contributed by atoms with E-state index in [1.54, 1.807) is 7.11 Å². The van der Waals surface area contributed by atoms with Gasteiger partial charge in [0.1, 0.15) is 5.75 Å². The number of methoxy groups -OCH3 is 1. The molecule has 19 heavy (non-hydrogen) atoms. The molecule has 4 heteroatoms. The zero-order valence-corrected chi connectivity index (χ0v) is 12.6. The number of hydrogen-bond acceptors (Lipinski definition) is 3. The van der Waals surface area contributed by atoms with E-state index in [-0.39, 0.29) is 6.04 Å². The molecule has 3 nitrogen and oxygen atoms in total. The van der Waals surface area contributed by atoms with Crippen molar-refractivity contribution in [1.82, 2.24) is 5.43 Å². The summed E-state index contributed by atoms with van der Waals surface area (Å²) < 4.78 is 6.48. The zero-order chi connectivity index (χ0) is 13.8. The Balaban J connectivity index is 2.53. The summed E-state index contributed by atoms with van der Waals surface area (Å²) in [4.78, 5) is 0. The Morgan fingerprint density at radius 1 is 1.11 bits per heavy atom. The highest BCUT2D eigenvalue weighted by Crippen LogP contribution is 2.32. The predicted molar refractivity (Wildman–Crippen MR) is 81.0 cm³/mol. The number of nitrogens with two attached hydrogens (primary N) is 1. The number of nitrogens with one attached hydrogen (secondary N) is 1. The lowest BCUT2D eigenvalue weighted by Gasteiger charge is -2.21. The highest BCUT2D eigenvalue weighted by molar-refractivity contribution is 9.10. The van der Waals surface area contributed by atoms with E-state index < -0.39 is 0 Å². The van der Waals surface area contributed by atoms with Crippen molar-refractivity contribution in [1.29, 1.82) is 0 Å². The average Bonchev–Trinajstić information content (AvgIpc) is 2.45. The van der Waals surface area contributed by atoms with E-state index in [2.05, 4.69) is 34.3 Å². The van der Waals surface area contributed by atoms with Gasteiger partial charge in [-0.2, -0.15) is 0 Å². The van der Waals surface area contributed by atoms with Crippen molar-refractivity contribution in [2.45, 2.75) is 13.0 Å². The van der Waals surface area contributed by atoms with Gasteiger partial charge in [-0.3, -0.25) is 5.84 Å². The van der Waals surface area contributed by atoms with E-state index in [0.29, 0.717) is 0 Å². The third kappa shape index (κ3) is 2.81. The molecule has 1 atom stereocenters. The predicted octanol–water partition coefficient (Wildman–Crippen LogP) is 3.32. The normalized spacial score (nSPS) is 12.2. The van der Waals surface area contributed by atoms with Gasteiger partial charge in [-0.05, 0) is 30.2 Å². The van der Waals surface area contributed by atoms with Crippen molar-refractivity contribution in [3.05, 3.63) is 63.6 Å². The van der Waals surface area contributed by atoms with E-state index in [1.807, 2.05) is 36.4 Å². The molecule has 0 bridgehead atoms. The van der Waals surface area contributed by atoms with Gasteiger partial charge in [-0.25, -0.2) is 5.43 Å². The molecule has 2 aromatic carbocycles. The number of benzene rings is 2. The highest BCUT2D eigenvalue weighted by atomic mass is 79.9. The first-order valence-electron chi connectivity index (χ1n) is 6.03. The number of ether oxygens (including phenoxy) is 1. The number of rotatable bonds is 4. The molecule has 0 saturated heterocycles. The number of hydrogen-bond donors (Lipinski definition) is 2. The van der Waals surface area contributed by atoms with E-state index in [0.717, 1.165) is 26.9 Å². The number of hydrazine groups is 1. The van der Waals surface area contributed by atoms with Gasteiger partial charge in [0.15, 0.2) is 0 Å². The summed E-state index contributed by atoms with van der Waals surface area (Å²) in [5, 5.41) is 0. The third-order valence-electron chi connectivity index (χ3n) is 3.24. The standard InChI is InChI=1S/C15H17BrN2O/c1-10-11(7-5-8-13(10)16)15(18-17)12-6-3-4-9-14(12)19-2/h3-9,15,18H,17H2,1-2H3. The SMILES string of the molecule is COc1ccccc1C(NN)c1cccc(Br)c1C. The van der Waals surface area contributed by atoms with Crippen LogP contribution in [-0.2, 0) is 0 Å². The van der Waals surface area contributed by atoms with E-state index in [4.69, 9.17) is 10.6 Å². The minimum absolute atomic E-state index is 0.103. The minimum Gasteiger partial charge on any atom is -0.496 e. The van der Waals surface area contributed by atoms with Crippen LogP contribution in [-0.4, -0.2) is 7.11 Å². The lowest BCUT2D eigenvalue weighted by molar-refractivity contribution is 0.404. The Kier molecular flexibility index (Phi) is 4.58. The first-order chi connectivity index (χ1) is 9.19. The first kappa shape index (κ1) is 14.1. The van der Waals surface area contributed by atoms with Gasteiger partial charge in [0.2, 0.25) is 0 Å². The topological polar surface area (TPSA) is 47.3 Å². The van der Waals surface area contributed by atoms with Crippen LogP contribution in [0.1, 0.15) is 22.7 Å². The van der Waals surface area contributed by atoms with Crippen LogP contribution >= 0.6 is 15.9 Å². The molecule has 0 spiro atoms. The summed E-state index contributed by atoms with van der Waals surface area (Å²) in [7, 11) is 1.67. The van der Waals surface area contributed by atoms with Crippen molar-refractivity contribution >= 4 is 15.9 Å². The van der Waals surface area contributed by atoms with Gasteiger partial charge < -0.3 is 4.74 Å². The Morgan fingerprint density at radius 3 is 2.47 bits per heavy atom. The number of para-hydroxylation sites is 1. The van der Waals surface area contributed by atoms with Gasteiger partial charge in [0, 0.05) is 10.0 Å². The smallest absolute Gasteiger partial charge is 0.124 e. The van der Waals surface area contributed by atoms with Crippen molar-refractivity contribution in [2.24, 2.45) is 5.84 Å². The van der Waals surface area contributed by atoms with Gasteiger partial charge in [-0.1, -0.05) is 46.3 Å². The molecule has 1 unspecified atom stereocenters. The summed E-state index contributed by atoms with van der Waals surface area (Å²) in [5.74, 6) is 6.58. The molecule has 2 aromatic rings. The van der Waals surface area contributed by atoms with Crippen molar-refractivity contribution in [3.8, 4) is 5.75 Å². The summed E-state index contributed by atoms with van der Waals surface area (Å²) >= 11 is 3.55. The lowest BCUT2D eigenvalue weighted by atomic mass is 9.95. The minimum atomic E-state index is -0.103. The second-order valence-corrected chi connectivity index (χ2v) is 5.15. The maximum atomic E-state index is 5.76. The van der Waals surface area contributed by atoms with Crippen LogP contribution in [0.15, 0.2) is 46.9 Å². The van der Waals surface area contributed by atoms with Gasteiger partial charge in [-0.15, -0.1) is 0 Å². The van der Waals surface area contributed by atoms with Crippen LogP contribution in [0.2, 0.25) is 0 Å². The second-order valence-electron chi connectivity index (χ2n) is 4.30. The average molecular weight is 321 g/mol. The molecular formula is C15H17BrN2O. The van der Waals surface area contributed by atoms with E-state index in [1.165, 1.54) is 0 Å². The van der Waals surface area contributed by atoms with Crippen molar-refractivity contribution in [2.75, 3.05) is 7.11 Å². The van der Waals surface area contributed by atoms with Gasteiger partial charge >= 0.3 is 0 Å². The summed E-state index contributed by atoms with van der Waals surface area (Å²) in [6.45, 7) is 2.07. The molecule has 0 fully saturated rings. The Morgan fingerprint density at radius 2 is 1.79 bits per heavy atom. The molecule has 0 heterocycles. The summed E-state index contributed by atoms with van der Waals surface area (Å²) in [6.07, 6.45) is 0. The Labute approximate surface area is 121 Å². The van der Waals surface area contributed by atoms with Crippen LogP contribution in [0.4, 0.5) is 0 Å². The van der Waals surface area contributed by atoms with Crippen LogP contribution < -0.4 is 16.0 Å². The van der Waals surface area contributed by atoms with Crippen LogP contribution in [0, 0.1) is 6.92 Å². The Bertz CT molecular complexity index is 572. The fourth-order valence-corrected chi connectivity index (χ4v) is 2.57. The molecule has 0 radical (unpaired) electrons. The maximum Gasteiger partial charge on any atom is 0.124 e. The van der Waals surface area contributed by atoms with E-state index in [9.17, 15) is 0 Å². The lowest BCUT2D eigenvalue weighted by Crippen LogP contribution is -2.29. The summed E-state index contributed by atoms with van der Waals surface area (Å²) in [6, 6.07) is 13.9. The van der Waals surface area contributed by atoms with Crippen molar-refractivity contribution in [3.63, 3.8) is 0 Å². The number of halogens is 1. The fourth-order valence-electron chi connectivity index (χ4n) is 2.19. The van der Waals surface area contributed by atoms with Crippen LogP contribution in [0.5, 0.6) is 5.75 Å². The molecule has 100 valence electrons. The fraction of sp³-hybridized carbons (Fsp3) is 0.200. The monoisotopic (exact) mass is 320 g/mol. The molecule has 0 aliphatic rings. The quantitative estimate of drug-likeness (QED) is 0.671. The molecule has 0 aromatic heterocycles. The van der Waals surface area contributed by atoms with Crippen LogP contribution in [0.25, 0.3) is 0 Å². The maximum absolute atomic E-state index is 5.76. The summed E-state index contributed by atoms with van der Waals surface area (Å²) in [5.41, 5.74) is 6.19. The largest absolute Gasteiger partial charge is 0.496 e.